The molecule has 0 aromatic heterocycles. The van der Waals surface area contributed by atoms with Crippen LogP contribution in [0.2, 0.25) is 5.02 Å². The zero-order valence-electron chi connectivity index (χ0n) is 16.3. The molecule has 1 heterocycles. The van der Waals surface area contributed by atoms with Crippen molar-refractivity contribution in [3.05, 3.63) is 29.3 Å². The van der Waals surface area contributed by atoms with E-state index in [2.05, 4.69) is 9.46 Å². The van der Waals surface area contributed by atoms with Crippen molar-refractivity contribution in [2.75, 3.05) is 13.1 Å². The zero-order chi connectivity index (χ0) is 23.9. The first-order valence-electron chi connectivity index (χ1n) is 9.53. The molecule has 14 heteroatoms. The van der Waals surface area contributed by atoms with Crippen LogP contribution in [0.4, 0.5) is 31.1 Å². The smallest absolute Gasteiger partial charge is 0.426 e. The van der Waals surface area contributed by atoms with Crippen LogP contribution in [-0.2, 0) is 14.8 Å². The van der Waals surface area contributed by atoms with Crippen LogP contribution in [0, 0.1) is 5.92 Å². The maximum Gasteiger partial charge on any atom is 0.434 e. The van der Waals surface area contributed by atoms with E-state index in [0.29, 0.717) is 17.9 Å². The molecule has 180 valence electrons. The summed E-state index contributed by atoms with van der Waals surface area (Å²) in [6.45, 7) is -0.313. The van der Waals surface area contributed by atoms with Crippen molar-refractivity contribution in [1.82, 2.24) is 9.62 Å². The van der Waals surface area contributed by atoms with Gasteiger partial charge in [-0.3, -0.25) is 0 Å². The largest absolute Gasteiger partial charge is 0.434 e. The van der Waals surface area contributed by atoms with Crippen LogP contribution in [0.5, 0.6) is 0 Å². The lowest BCUT2D eigenvalue weighted by Gasteiger charge is -2.36. The third-order valence-corrected chi connectivity index (χ3v) is 7.42. The molecule has 1 aliphatic carbocycles. The molecule has 1 amide bonds. The summed E-state index contributed by atoms with van der Waals surface area (Å²) in [7, 11) is -3.86. The Labute approximate surface area is 184 Å². The summed E-state index contributed by atoms with van der Waals surface area (Å²) in [6, 6.07) is 5.54. The van der Waals surface area contributed by atoms with Gasteiger partial charge in [0.05, 0.1) is 4.90 Å². The number of sulfonamides is 1. The molecule has 0 unspecified atom stereocenters. The quantitative estimate of drug-likeness (QED) is 0.595. The van der Waals surface area contributed by atoms with Crippen molar-refractivity contribution in [2.45, 2.75) is 54.6 Å². The molecule has 0 bridgehead atoms. The Morgan fingerprint density at radius 2 is 1.56 bits per heavy atom. The average molecular weight is 509 g/mol. The van der Waals surface area contributed by atoms with Gasteiger partial charge in [-0.25, -0.2) is 17.9 Å². The number of benzene rings is 1. The minimum absolute atomic E-state index is 0.0135. The predicted octanol–water partition coefficient (Wildman–Crippen LogP) is 4.49. The van der Waals surface area contributed by atoms with Crippen LogP contribution < -0.4 is 4.72 Å². The molecule has 1 saturated carbocycles. The number of likely N-dealkylation sites (tertiary alicyclic amines) is 1. The van der Waals surface area contributed by atoms with Gasteiger partial charge < -0.3 is 9.64 Å². The predicted molar refractivity (Wildman–Crippen MR) is 100 cm³/mol. The number of hydrogen-bond acceptors (Lipinski definition) is 4. The molecule has 1 aromatic carbocycles. The molecule has 1 N–H and O–H groups in total. The molecule has 0 spiro atoms. The molecule has 0 atom stereocenters. The topological polar surface area (TPSA) is 75.7 Å². The molecular formula is C18H19ClF6N2O4S. The summed E-state index contributed by atoms with van der Waals surface area (Å²) in [5.41, 5.74) is -0.769. The van der Waals surface area contributed by atoms with E-state index in [1.54, 1.807) is 0 Å². The molecule has 1 saturated heterocycles. The second-order valence-electron chi connectivity index (χ2n) is 7.82. The van der Waals surface area contributed by atoms with E-state index in [4.69, 9.17) is 11.6 Å². The van der Waals surface area contributed by atoms with Crippen molar-refractivity contribution in [3.63, 3.8) is 0 Å². The molecule has 6 nitrogen and oxygen atoms in total. The van der Waals surface area contributed by atoms with Gasteiger partial charge in [0.1, 0.15) is 0 Å². The fraction of sp³-hybridized carbons (Fsp3) is 0.611. The number of hydrogen-bond donors (Lipinski definition) is 1. The Balaban J connectivity index is 1.60. The van der Waals surface area contributed by atoms with E-state index < -0.39 is 40.1 Å². The van der Waals surface area contributed by atoms with Crippen LogP contribution in [0.1, 0.15) is 25.7 Å². The summed E-state index contributed by atoms with van der Waals surface area (Å²) < 4.78 is 107. The van der Waals surface area contributed by atoms with Crippen LogP contribution in [0.3, 0.4) is 0 Å². The number of nitrogens with one attached hydrogen (secondary N) is 1. The first-order valence-corrected chi connectivity index (χ1v) is 11.4. The summed E-state index contributed by atoms with van der Waals surface area (Å²) in [5, 5.41) is 0.364. The molecule has 2 aliphatic rings. The Morgan fingerprint density at radius 1 is 1.06 bits per heavy atom. The summed E-state index contributed by atoms with van der Waals surface area (Å²) in [6.07, 6.45) is -16.1. The van der Waals surface area contributed by atoms with E-state index in [1.165, 1.54) is 24.3 Å². The van der Waals surface area contributed by atoms with E-state index >= 15 is 0 Å². The lowest BCUT2D eigenvalue weighted by atomic mass is 9.88. The van der Waals surface area contributed by atoms with Crippen LogP contribution in [0.25, 0.3) is 0 Å². The third kappa shape index (κ3) is 5.60. The highest BCUT2D eigenvalue weighted by Crippen LogP contribution is 2.47. The molecule has 2 fully saturated rings. The molecule has 32 heavy (non-hydrogen) atoms. The highest BCUT2D eigenvalue weighted by Gasteiger charge is 2.60. The van der Waals surface area contributed by atoms with Gasteiger partial charge in [0.2, 0.25) is 10.0 Å². The van der Waals surface area contributed by atoms with Gasteiger partial charge in [-0.05, 0) is 55.9 Å². The van der Waals surface area contributed by atoms with Gasteiger partial charge >= 0.3 is 18.4 Å². The van der Waals surface area contributed by atoms with Crippen LogP contribution >= 0.6 is 11.6 Å². The summed E-state index contributed by atoms with van der Waals surface area (Å²) in [4.78, 5) is 12.7. The van der Waals surface area contributed by atoms with E-state index in [1.807, 2.05) is 0 Å². The molecule has 0 radical (unpaired) electrons. The Morgan fingerprint density at radius 3 is 2.00 bits per heavy atom. The molecular weight excluding hydrogens is 490 g/mol. The first-order chi connectivity index (χ1) is 14.6. The number of piperidine rings is 1. The zero-order valence-corrected chi connectivity index (χ0v) is 17.9. The highest BCUT2D eigenvalue weighted by atomic mass is 35.5. The van der Waals surface area contributed by atoms with Gasteiger partial charge in [0, 0.05) is 23.7 Å². The lowest BCUT2D eigenvalue weighted by Crippen LogP contribution is -2.51. The first kappa shape index (κ1) is 24.9. The lowest BCUT2D eigenvalue weighted by molar-refractivity contribution is -0.308. The number of ether oxygens (including phenoxy) is 1. The molecule has 3 rings (SSSR count). The molecule has 1 aromatic rings. The Hall–Kier alpha value is -1.73. The number of alkyl halides is 6. The van der Waals surface area contributed by atoms with Crippen molar-refractivity contribution in [3.8, 4) is 0 Å². The van der Waals surface area contributed by atoms with Gasteiger partial charge in [-0.1, -0.05) is 11.6 Å². The average Bonchev–Trinajstić information content (AvgIpc) is 3.44. The summed E-state index contributed by atoms with van der Waals surface area (Å²) in [5.74, 6) is -0.241. The fourth-order valence-corrected chi connectivity index (χ4v) is 5.42. The van der Waals surface area contributed by atoms with Crippen molar-refractivity contribution in [2.24, 2.45) is 5.92 Å². The number of carbonyl (C=O) groups excluding carboxylic acids is 1. The minimum Gasteiger partial charge on any atom is -0.426 e. The van der Waals surface area contributed by atoms with Crippen LogP contribution in [0.15, 0.2) is 29.2 Å². The maximum absolute atomic E-state index is 12.7. The third-order valence-electron chi connectivity index (χ3n) is 5.60. The highest BCUT2D eigenvalue weighted by molar-refractivity contribution is 7.89. The van der Waals surface area contributed by atoms with Crippen LogP contribution in [-0.4, -0.2) is 56.5 Å². The van der Waals surface area contributed by atoms with E-state index in [9.17, 15) is 39.6 Å². The van der Waals surface area contributed by atoms with Gasteiger partial charge in [0.15, 0.2) is 0 Å². The van der Waals surface area contributed by atoms with Crippen molar-refractivity contribution >= 4 is 27.7 Å². The standard InChI is InChI=1S/C18H19ClF6N2O4S/c19-12-1-3-13(4-2-12)32(29,30)26-16(7-8-16)11-5-9-27(10-6-11)15(28)31-14(17(20,21)22)18(23,24)25/h1-4,11,14,26H,5-10H2. The normalized spacial score (nSPS) is 19.8. The minimum atomic E-state index is -5.79. The Kier molecular flexibility index (Phi) is 6.66. The van der Waals surface area contributed by atoms with Crippen molar-refractivity contribution < 1.29 is 44.3 Å². The second-order valence-corrected chi connectivity index (χ2v) is 9.94. The van der Waals surface area contributed by atoms with E-state index in [-0.39, 0.29) is 36.7 Å². The Bertz CT molecular complexity index is 926. The van der Waals surface area contributed by atoms with Crippen molar-refractivity contribution in [1.29, 1.82) is 0 Å². The van der Waals surface area contributed by atoms with E-state index in [0.717, 1.165) is 4.90 Å². The summed E-state index contributed by atoms with van der Waals surface area (Å²) >= 11 is 5.77. The number of carbonyl (C=O) groups is 1. The number of amides is 1. The van der Waals surface area contributed by atoms with Gasteiger partial charge in [0.25, 0.3) is 6.10 Å². The van der Waals surface area contributed by atoms with Gasteiger partial charge in [-0.2, -0.15) is 26.3 Å². The monoisotopic (exact) mass is 508 g/mol. The number of rotatable bonds is 5. The maximum atomic E-state index is 12.7. The fourth-order valence-electron chi connectivity index (χ4n) is 3.78. The van der Waals surface area contributed by atoms with Gasteiger partial charge in [-0.15, -0.1) is 0 Å². The SMILES string of the molecule is O=C(OC(C(F)(F)F)C(F)(F)F)N1CCC(C2(NS(=O)(=O)c3ccc(Cl)cc3)CC2)CC1. The molecule has 1 aliphatic heterocycles. The number of nitrogens with zero attached hydrogens (tertiary/aromatic N) is 1. The number of halogens is 7. The second kappa shape index (κ2) is 8.56.